The number of benzene rings is 1. The van der Waals surface area contributed by atoms with Gasteiger partial charge in [0.05, 0.1) is 21.6 Å². The maximum absolute atomic E-state index is 12.2. The SMILES string of the molecule is N#Cc1ccc(C(=O)CSc2cc(=[N+]3CCOCC3)ss2)cc1.[Cl-]. The van der Waals surface area contributed by atoms with E-state index >= 15 is 0 Å². The molecular weight excluding hydrogens is 384 g/mol. The zero-order chi connectivity index (χ0) is 16.1. The van der Waals surface area contributed by atoms with E-state index in [1.165, 1.54) is 8.88 Å². The normalized spacial score (nSPS) is 13.9. The largest absolute Gasteiger partial charge is 1.00 e. The standard InChI is InChI=1S/C16H15N2O2S3.ClH/c17-10-12-1-3-13(4-2-12)14(19)11-21-16-9-15(22-23-16)18-5-7-20-8-6-18;/h1-4,9H,5-8,11H2;1H/q+1;/p-1. The number of ketones is 1. The number of carbonyl (C=O) groups is 1. The van der Waals surface area contributed by atoms with Gasteiger partial charge in [0.1, 0.15) is 13.2 Å². The molecule has 0 unspecified atom stereocenters. The number of rotatable bonds is 4. The van der Waals surface area contributed by atoms with E-state index in [-0.39, 0.29) is 18.2 Å². The van der Waals surface area contributed by atoms with Gasteiger partial charge in [-0.15, -0.1) is 11.8 Å². The molecule has 0 atom stereocenters. The number of ether oxygens (including phenoxy) is 1. The lowest BCUT2D eigenvalue weighted by Gasteiger charge is -2.09. The van der Waals surface area contributed by atoms with Crippen molar-refractivity contribution in [2.24, 2.45) is 0 Å². The zero-order valence-corrected chi connectivity index (χ0v) is 15.9. The summed E-state index contributed by atoms with van der Waals surface area (Å²) in [6.07, 6.45) is 0. The molecule has 0 saturated carbocycles. The van der Waals surface area contributed by atoms with Gasteiger partial charge in [0.15, 0.2) is 18.9 Å². The third-order valence-electron chi connectivity index (χ3n) is 3.45. The summed E-state index contributed by atoms with van der Waals surface area (Å²) < 4.78 is 10.1. The van der Waals surface area contributed by atoms with E-state index in [0.29, 0.717) is 16.9 Å². The van der Waals surface area contributed by atoms with Gasteiger partial charge in [0.2, 0.25) is 0 Å². The van der Waals surface area contributed by atoms with Gasteiger partial charge in [0.25, 0.3) is 4.67 Å². The lowest BCUT2D eigenvalue weighted by atomic mass is 10.1. The van der Waals surface area contributed by atoms with E-state index in [0.717, 1.165) is 26.3 Å². The molecular formula is C16H15ClN2O2S3. The summed E-state index contributed by atoms with van der Waals surface area (Å²) in [6, 6.07) is 11.0. The fourth-order valence-electron chi connectivity index (χ4n) is 2.18. The summed E-state index contributed by atoms with van der Waals surface area (Å²) in [5.41, 5.74) is 1.23. The second-order valence-corrected chi connectivity index (χ2v) is 8.44. The average Bonchev–Trinajstić information content (AvgIpc) is 3.09. The van der Waals surface area contributed by atoms with Crippen LogP contribution in [0.5, 0.6) is 0 Å². The highest BCUT2D eigenvalue weighted by Crippen LogP contribution is 2.25. The molecule has 0 spiro atoms. The molecule has 1 aliphatic rings. The summed E-state index contributed by atoms with van der Waals surface area (Å²) in [5, 5.41) is 8.78. The van der Waals surface area contributed by atoms with Crippen molar-refractivity contribution in [2.45, 2.75) is 4.21 Å². The van der Waals surface area contributed by atoms with Crippen LogP contribution in [-0.2, 0) is 4.74 Å². The molecule has 1 aromatic heterocycles. The van der Waals surface area contributed by atoms with Crippen LogP contribution in [0.25, 0.3) is 0 Å². The van der Waals surface area contributed by atoms with Crippen molar-refractivity contribution in [3.8, 4) is 6.07 Å². The van der Waals surface area contributed by atoms with Crippen molar-refractivity contribution in [1.82, 2.24) is 4.58 Å². The summed E-state index contributed by atoms with van der Waals surface area (Å²) in [4.78, 5) is 12.2. The van der Waals surface area contributed by atoms with Crippen molar-refractivity contribution in [3.63, 3.8) is 0 Å². The molecule has 0 N–H and O–H groups in total. The Balaban J connectivity index is 0.00000208. The van der Waals surface area contributed by atoms with Crippen molar-refractivity contribution in [2.75, 3.05) is 32.1 Å². The van der Waals surface area contributed by atoms with Gasteiger partial charge < -0.3 is 17.1 Å². The van der Waals surface area contributed by atoms with Crippen LogP contribution in [0.3, 0.4) is 0 Å². The Morgan fingerprint density at radius 1 is 1.25 bits per heavy atom. The van der Waals surface area contributed by atoms with Crippen LogP contribution in [0.4, 0.5) is 0 Å². The first-order valence-electron chi connectivity index (χ1n) is 7.18. The maximum Gasteiger partial charge on any atom is 0.268 e. The number of hydrogen-bond acceptors (Lipinski definition) is 6. The number of halogens is 1. The van der Waals surface area contributed by atoms with Gasteiger partial charge in [0, 0.05) is 11.6 Å². The minimum atomic E-state index is 0. The lowest BCUT2D eigenvalue weighted by Crippen LogP contribution is -3.00. The van der Waals surface area contributed by atoms with Crippen LogP contribution in [0.1, 0.15) is 15.9 Å². The van der Waals surface area contributed by atoms with Crippen LogP contribution >= 0.6 is 32.4 Å². The van der Waals surface area contributed by atoms with Crippen LogP contribution < -0.4 is 21.7 Å². The Labute approximate surface area is 158 Å². The predicted molar refractivity (Wildman–Crippen MR) is 94.2 cm³/mol. The minimum Gasteiger partial charge on any atom is -1.00 e. The molecule has 4 nitrogen and oxygen atoms in total. The molecule has 0 aliphatic carbocycles. The Morgan fingerprint density at radius 2 is 1.96 bits per heavy atom. The smallest absolute Gasteiger partial charge is 0.268 e. The Kier molecular flexibility index (Phi) is 7.46. The Bertz CT molecular complexity index is 798. The van der Waals surface area contributed by atoms with Crippen molar-refractivity contribution < 1.29 is 21.9 Å². The molecule has 1 fully saturated rings. The van der Waals surface area contributed by atoms with E-state index in [4.69, 9.17) is 10.00 Å². The van der Waals surface area contributed by atoms with Gasteiger partial charge in [-0.25, -0.2) is 4.58 Å². The van der Waals surface area contributed by atoms with Crippen LogP contribution in [0, 0.1) is 11.3 Å². The molecule has 2 heterocycles. The molecule has 2 aromatic rings. The van der Waals surface area contributed by atoms with E-state index < -0.39 is 0 Å². The fourth-order valence-corrected chi connectivity index (χ4v) is 5.96. The molecule has 126 valence electrons. The molecule has 1 aromatic carbocycles. The third kappa shape index (κ3) is 4.91. The molecule has 0 radical (unpaired) electrons. The quantitative estimate of drug-likeness (QED) is 0.300. The summed E-state index contributed by atoms with van der Waals surface area (Å²) in [7, 11) is 3.47. The highest BCUT2D eigenvalue weighted by molar-refractivity contribution is 8.03. The highest BCUT2D eigenvalue weighted by atomic mass is 35.5. The lowest BCUT2D eigenvalue weighted by molar-refractivity contribution is -0.0000132. The maximum atomic E-state index is 12.2. The van der Waals surface area contributed by atoms with Crippen LogP contribution in [-0.4, -0.2) is 37.8 Å². The first-order valence-corrected chi connectivity index (χ1v) is 10.3. The van der Waals surface area contributed by atoms with Gasteiger partial charge in [-0.2, -0.15) is 5.26 Å². The van der Waals surface area contributed by atoms with Crippen molar-refractivity contribution in [1.29, 1.82) is 5.26 Å². The summed E-state index contributed by atoms with van der Waals surface area (Å²) in [6.45, 7) is 3.42. The first kappa shape index (κ1) is 19.2. The second-order valence-electron chi connectivity index (χ2n) is 4.97. The zero-order valence-electron chi connectivity index (χ0n) is 12.7. The molecule has 1 aliphatic heterocycles. The Hall–Kier alpha value is -1.17. The predicted octanol–water partition coefficient (Wildman–Crippen LogP) is -0.537. The van der Waals surface area contributed by atoms with Crippen molar-refractivity contribution in [3.05, 3.63) is 46.1 Å². The molecule has 3 rings (SSSR count). The van der Waals surface area contributed by atoms with E-state index in [9.17, 15) is 4.79 Å². The molecule has 8 heteroatoms. The number of carbonyl (C=O) groups excluding carboxylic acids is 1. The Morgan fingerprint density at radius 3 is 2.62 bits per heavy atom. The molecule has 24 heavy (non-hydrogen) atoms. The number of Topliss-reactive ketones (excluding diaryl/α,β-unsaturated/α-hetero) is 1. The van der Waals surface area contributed by atoms with Gasteiger partial charge >= 0.3 is 0 Å². The number of hydrogen-bond donors (Lipinski definition) is 0. The fraction of sp³-hybridized carbons (Fsp3) is 0.312. The summed E-state index contributed by atoms with van der Waals surface area (Å²) in [5.74, 6) is 0.507. The number of morpholine rings is 1. The number of thioether (sulfide) groups is 1. The topological polar surface area (TPSA) is 53.1 Å². The van der Waals surface area contributed by atoms with Crippen LogP contribution in [0.15, 0.2) is 34.5 Å². The monoisotopic (exact) mass is 398 g/mol. The van der Waals surface area contributed by atoms with Crippen LogP contribution in [0.2, 0.25) is 0 Å². The third-order valence-corrected chi connectivity index (χ3v) is 7.40. The highest BCUT2D eigenvalue weighted by Gasteiger charge is 2.14. The van der Waals surface area contributed by atoms with E-state index in [1.807, 2.05) is 0 Å². The van der Waals surface area contributed by atoms with Gasteiger partial charge in [-0.05, 0) is 22.5 Å². The van der Waals surface area contributed by atoms with Crippen molar-refractivity contribution >= 4 is 38.2 Å². The molecule has 1 saturated heterocycles. The second kappa shape index (κ2) is 9.35. The minimum absolute atomic E-state index is 0. The van der Waals surface area contributed by atoms with Gasteiger partial charge in [-0.1, -0.05) is 22.5 Å². The molecule has 0 bridgehead atoms. The average molecular weight is 399 g/mol. The number of nitriles is 1. The number of nitrogens with zero attached hydrogens (tertiary/aromatic N) is 2. The summed E-state index contributed by atoms with van der Waals surface area (Å²) >= 11 is 1.57. The first-order chi connectivity index (χ1) is 11.3. The van der Waals surface area contributed by atoms with E-state index in [2.05, 4.69) is 16.7 Å². The van der Waals surface area contributed by atoms with Gasteiger partial charge in [-0.3, -0.25) is 4.79 Å². The molecule has 0 amide bonds. The van der Waals surface area contributed by atoms with E-state index in [1.54, 1.807) is 56.7 Å².